The van der Waals surface area contributed by atoms with E-state index in [1.807, 2.05) is 54.6 Å². The Hall–Kier alpha value is -3.25. The summed E-state index contributed by atoms with van der Waals surface area (Å²) in [5, 5.41) is 3.42. The zero-order valence-corrected chi connectivity index (χ0v) is 20.4. The number of rotatable bonds is 6. The normalized spacial score (nSPS) is 20.1. The fraction of sp³-hybridized carbons (Fsp3) is 0.367. The van der Waals surface area contributed by atoms with Crippen LogP contribution in [0.15, 0.2) is 78.9 Å². The molecule has 3 aromatic carbocycles. The average Bonchev–Trinajstić information content (AvgIpc) is 2.90. The number of carbonyl (C=O) groups excluding carboxylic acids is 1. The molecule has 0 radical (unpaired) electrons. The van der Waals surface area contributed by atoms with Gasteiger partial charge in [-0.15, -0.1) is 0 Å². The van der Waals surface area contributed by atoms with Crippen molar-refractivity contribution in [1.82, 2.24) is 4.90 Å². The van der Waals surface area contributed by atoms with Gasteiger partial charge in [-0.2, -0.15) is 0 Å². The first-order valence-corrected chi connectivity index (χ1v) is 12.8. The van der Waals surface area contributed by atoms with Crippen molar-refractivity contribution in [3.8, 4) is 0 Å². The third-order valence-electron chi connectivity index (χ3n) is 8.40. The van der Waals surface area contributed by atoms with E-state index in [1.54, 1.807) is 0 Å². The number of amides is 1. The van der Waals surface area contributed by atoms with Gasteiger partial charge >= 0.3 is 0 Å². The van der Waals surface area contributed by atoms with E-state index in [2.05, 4.69) is 10.2 Å². The molecule has 1 aliphatic heterocycles. The summed E-state index contributed by atoms with van der Waals surface area (Å²) in [6.45, 7) is 1.60. The number of nitrogens with zero attached hydrogens (tertiary/aromatic N) is 1. The number of nitrogens with one attached hydrogen (secondary N) is 1. The Bertz CT molecular complexity index is 1120. The van der Waals surface area contributed by atoms with E-state index in [-0.39, 0.29) is 23.0 Å². The molecule has 6 heteroatoms. The number of anilines is 1. The van der Waals surface area contributed by atoms with Gasteiger partial charge in [0.05, 0.1) is 0 Å². The molecular formula is C30H33F2N3O. The van der Waals surface area contributed by atoms with Crippen LogP contribution in [0.25, 0.3) is 0 Å². The van der Waals surface area contributed by atoms with Gasteiger partial charge in [-0.25, -0.2) is 8.78 Å². The van der Waals surface area contributed by atoms with Crippen molar-refractivity contribution >= 4 is 11.6 Å². The second-order valence-corrected chi connectivity index (χ2v) is 10.3. The fourth-order valence-electron chi connectivity index (χ4n) is 6.24. The molecule has 188 valence electrons. The van der Waals surface area contributed by atoms with Gasteiger partial charge in [-0.05, 0) is 86.1 Å². The first-order valence-electron chi connectivity index (χ1n) is 12.8. The van der Waals surface area contributed by atoms with Crippen molar-refractivity contribution in [1.29, 1.82) is 0 Å². The highest BCUT2D eigenvalue weighted by Gasteiger charge is 2.44. The van der Waals surface area contributed by atoms with Crippen LogP contribution in [0, 0.1) is 11.6 Å². The number of carbonyl (C=O) groups is 1. The minimum Gasteiger partial charge on any atom is -0.371 e. The summed E-state index contributed by atoms with van der Waals surface area (Å²) in [6, 6.07) is 23.7. The van der Waals surface area contributed by atoms with E-state index >= 15 is 0 Å². The topological polar surface area (TPSA) is 58.4 Å². The maximum absolute atomic E-state index is 13.7. The molecule has 1 amide bonds. The SMILES string of the molecule is NC(=O)C1(Nc2ccccc2)CCN(C2CCC(c3ccc(F)cc3)(c3ccc(F)cc3)CC2)CC1. The summed E-state index contributed by atoms with van der Waals surface area (Å²) in [5.74, 6) is -0.810. The van der Waals surface area contributed by atoms with Gasteiger partial charge in [-0.3, -0.25) is 4.79 Å². The van der Waals surface area contributed by atoms with Gasteiger partial charge in [0.15, 0.2) is 0 Å². The summed E-state index contributed by atoms with van der Waals surface area (Å²) in [7, 11) is 0. The smallest absolute Gasteiger partial charge is 0.243 e. The van der Waals surface area contributed by atoms with Gasteiger partial charge < -0.3 is 16.0 Å². The lowest BCUT2D eigenvalue weighted by Crippen LogP contribution is -2.59. The Morgan fingerprint density at radius 3 is 1.75 bits per heavy atom. The Balaban J connectivity index is 1.30. The van der Waals surface area contributed by atoms with Crippen molar-refractivity contribution in [3.05, 3.63) is 102 Å². The van der Waals surface area contributed by atoms with E-state index in [1.165, 1.54) is 24.3 Å². The zero-order valence-electron chi connectivity index (χ0n) is 20.4. The molecule has 1 heterocycles. The third-order valence-corrected chi connectivity index (χ3v) is 8.40. The number of para-hydroxylation sites is 1. The molecule has 3 aromatic rings. The molecule has 5 rings (SSSR count). The van der Waals surface area contributed by atoms with Crippen molar-refractivity contribution in [3.63, 3.8) is 0 Å². The predicted octanol–water partition coefficient (Wildman–Crippen LogP) is 5.63. The highest BCUT2D eigenvalue weighted by Crippen LogP contribution is 2.46. The Morgan fingerprint density at radius 2 is 1.28 bits per heavy atom. The quantitative estimate of drug-likeness (QED) is 0.472. The predicted molar refractivity (Wildman–Crippen MR) is 139 cm³/mol. The molecule has 2 fully saturated rings. The highest BCUT2D eigenvalue weighted by molar-refractivity contribution is 5.88. The molecule has 1 saturated heterocycles. The van der Waals surface area contributed by atoms with Gasteiger partial charge in [-0.1, -0.05) is 42.5 Å². The van der Waals surface area contributed by atoms with E-state index in [0.29, 0.717) is 18.9 Å². The summed E-state index contributed by atoms with van der Waals surface area (Å²) < 4.78 is 27.4. The number of benzene rings is 3. The second-order valence-electron chi connectivity index (χ2n) is 10.3. The van der Waals surface area contributed by atoms with Crippen LogP contribution in [0.2, 0.25) is 0 Å². The summed E-state index contributed by atoms with van der Waals surface area (Å²) in [4.78, 5) is 15.0. The van der Waals surface area contributed by atoms with E-state index < -0.39 is 5.54 Å². The maximum atomic E-state index is 13.7. The lowest BCUT2D eigenvalue weighted by Gasteiger charge is -2.48. The monoisotopic (exact) mass is 489 g/mol. The largest absolute Gasteiger partial charge is 0.371 e. The van der Waals surface area contributed by atoms with E-state index in [0.717, 1.165) is 55.6 Å². The third kappa shape index (κ3) is 4.74. The maximum Gasteiger partial charge on any atom is 0.243 e. The molecule has 3 N–H and O–H groups in total. The molecule has 2 aliphatic rings. The van der Waals surface area contributed by atoms with E-state index in [9.17, 15) is 13.6 Å². The Kier molecular flexibility index (Phi) is 6.80. The van der Waals surface area contributed by atoms with Crippen molar-refractivity contribution < 1.29 is 13.6 Å². The molecule has 0 bridgehead atoms. The van der Waals surface area contributed by atoms with Crippen molar-refractivity contribution in [2.75, 3.05) is 18.4 Å². The van der Waals surface area contributed by atoms with Gasteiger partial charge in [0, 0.05) is 30.2 Å². The zero-order chi connectivity index (χ0) is 25.2. The molecule has 1 aliphatic carbocycles. The molecule has 0 atom stereocenters. The van der Waals surface area contributed by atoms with Crippen molar-refractivity contribution in [2.24, 2.45) is 5.73 Å². The van der Waals surface area contributed by atoms with Crippen LogP contribution >= 0.6 is 0 Å². The van der Waals surface area contributed by atoms with Crippen LogP contribution in [0.1, 0.15) is 49.7 Å². The van der Waals surface area contributed by atoms with E-state index in [4.69, 9.17) is 5.73 Å². The molecular weight excluding hydrogens is 456 g/mol. The number of hydrogen-bond acceptors (Lipinski definition) is 3. The van der Waals surface area contributed by atoms with Crippen LogP contribution < -0.4 is 11.1 Å². The summed E-state index contributed by atoms with van der Waals surface area (Å²) in [6.07, 6.45) is 5.07. The van der Waals surface area contributed by atoms with Gasteiger partial charge in [0.1, 0.15) is 17.2 Å². The number of nitrogens with two attached hydrogens (primary N) is 1. The molecule has 1 saturated carbocycles. The highest BCUT2D eigenvalue weighted by atomic mass is 19.1. The summed E-state index contributed by atoms with van der Waals surface area (Å²) >= 11 is 0. The van der Waals surface area contributed by atoms with Crippen LogP contribution in [0.4, 0.5) is 14.5 Å². The fourth-order valence-corrected chi connectivity index (χ4v) is 6.24. The van der Waals surface area contributed by atoms with Crippen LogP contribution in [-0.2, 0) is 10.2 Å². The second kappa shape index (κ2) is 10.0. The minimum absolute atomic E-state index is 0.253. The van der Waals surface area contributed by atoms with Gasteiger partial charge in [0.2, 0.25) is 5.91 Å². The number of hydrogen-bond donors (Lipinski definition) is 2. The molecule has 0 unspecified atom stereocenters. The number of halogens is 2. The standard InChI is InChI=1S/C30H33F2N3O/c31-24-10-6-22(7-11-24)29(23-8-12-25(32)13-9-23)16-14-27(15-17-29)35-20-18-30(19-21-35,28(33)36)34-26-4-2-1-3-5-26/h1-13,27,34H,14-21H2,(H2,33,36). The Morgan fingerprint density at radius 1 is 0.778 bits per heavy atom. The molecule has 36 heavy (non-hydrogen) atoms. The number of primary amides is 1. The Labute approximate surface area is 211 Å². The van der Waals surface area contributed by atoms with Gasteiger partial charge in [0.25, 0.3) is 0 Å². The number of likely N-dealkylation sites (tertiary alicyclic amines) is 1. The molecule has 0 aromatic heterocycles. The summed E-state index contributed by atoms with van der Waals surface area (Å²) in [5.41, 5.74) is 7.94. The van der Waals surface area contributed by atoms with Crippen molar-refractivity contribution in [2.45, 2.75) is 55.5 Å². The first-order chi connectivity index (χ1) is 17.4. The lowest BCUT2D eigenvalue weighted by atomic mass is 9.64. The van der Waals surface area contributed by atoms with Crippen LogP contribution in [-0.4, -0.2) is 35.5 Å². The molecule has 4 nitrogen and oxygen atoms in total. The lowest BCUT2D eigenvalue weighted by molar-refractivity contribution is -0.124. The number of piperidine rings is 1. The van der Waals surface area contributed by atoms with Crippen LogP contribution in [0.5, 0.6) is 0 Å². The molecule has 0 spiro atoms. The van der Waals surface area contributed by atoms with Crippen LogP contribution in [0.3, 0.4) is 0 Å². The average molecular weight is 490 g/mol. The minimum atomic E-state index is -0.738. The first kappa shape index (κ1) is 24.4.